The van der Waals surface area contributed by atoms with Gasteiger partial charge in [-0.3, -0.25) is 9.20 Å². The molecule has 2 heterocycles. The summed E-state index contributed by atoms with van der Waals surface area (Å²) < 4.78 is 2.82. The number of aryl methyl sites for hydroxylation is 1. The van der Waals surface area contributed by atoms with Gasteiger partial charge in [0.05, 0.1) is 5.56 Å². The summed E-state index contributed by atoms with van der Waals surface area (Å²) in [5, 5.41) is 3.06. The second kappa shape index (κ2) is 6.92. The summed E-state index contributed by atoms with van der Waals surface area (Å²) in [4.78, 5) is 17.6. The van der Waals surface area contributed by atoms with Crippen LogP contribution in [0.2, 0.25) is 0 Å². The molecule has 0 saturated heterocycles. The van der Waals surface area contributed by atoms with Crippen LogP contribution in [-0.4, -0.2) is 15.3 Å². The average Bonchev–Trinajstić information content (AvgIpc) is 3.01. The molecule has 2 aromatic heterocycles. The average molecular weight is 453 g/mol. The van der Waals surface area contributed by atoms with E-state index in [-0.39, 0.29) is 5.91 Å². The molecule has 2 aromatic carbocycles. The lowest BCUT2D eigenvalue weighted by Gasteiger charge is -2.09. The summed E-state index contributed by atoms with van der Waals surface area (Å²) >= 11 is 2.18. The molecule has 1 amide bonds. The van der Waals surface area contributed by atoms with E-state index in [2.05, 4.69) is 27.9 Å². The van der Waals surface area contributed by atoms with Crippen molar-refractivity contribution in [1.82, 2.24) is 9.38 Å². The third-order valence-corrected chi connectivity index (χ3v) is 5.15. The van der Waals surface area contributed by atoms with E-state index < -0.39 is 0 Å². The van der Waals surface area contributed by atoms with Gasteiger partial charge in [-0.25, -0.2) is 4.98 Å². The van der Waals surface area contributed by atoms with Crippen molar-refractivity contribution in [2.45, 2.75) is 6.92 Å². The van der Waals surface area contributed by atoms with Crippen molar-refractivity contribution in [2.75, 3.05) is 5.32 Å². The van der Waals surface area contributed by atoms with Gasteiger partial charge < -0.3 is 5.32 Å². The molecular formula is C21H16IN3O. The van der Waals surface area contributed by atoms with Gasteiger partial charge in [0.1, 0.15) is 17.2 Å². The number of pyridine rings is 1. The second-order valence-electron chi connectivity index (χ2n) is 6.04. The second-order valence-corrected chi connectivity index (χ2v) is 7.20. The van der Waals surface area contributed by atoms with Gasteiger partial charge in [0.15, 0.2) is 0 Å². The number of imidazole rings is 1. The minimum absolute atomic E-state index is 0.144. The number of benzene rings is 2. The molecule has 0 unspecified atom stereocenters. The van der Waals surface area contributed by atoms with E-state index >= 15 is 0 Å². The number of hydrogen-bond acceptors (Lipinski definition) is 2. The molecule has 0 aliphatic heterocycles. The molecule has 0 fully saturated rings. The topological polar surface area (TPSA) is 46.4 Å². The summed E-state index contributed by atoms with van der Waals surface area (Å²) in [5.74, 6) is 0.531. The van der Waals surface area contributed by atoms with E-state index in [1.165, 1.54) is 5.56 Å². The fourth-order valence-corrected chi connectivity index (χ4v) is 3.48. The van der Waals surface area contributed by atoms with Gasteiger partial charge in [0.2, 0.25) is 0 Å². The number of hydrogen-bond donors (Lipinski definition) is 1. The zero-order valence-corrected chi connectivity index (χ0v) is 16.3. The van der Waals surface area contributed by atoms with Crippen LogP contribution in [0.25, 0.3) is 16.9 Å². The molecule has 26 heavy (non-hydrogen) atoms. The number of rotatable bonds is 3. The number of carbonyl (C=O) groups excluding carboxylic acids is 1. The van der Waals surface area contributed by atoms with Gasteiger partial charge >= 0.3 is 0 Å². The zero-order valence-electron chi connectivity index (χ0n) is 14.1. The van der Waals surface area contributed by atoms with Gasteiger partial charge in [-0.1, -0.05) is 48.0 Å². The molecule has 128 valence electrons. The van der Waals surface area contributed by atoms with Gasteiger partial charge in [-0.15, -0.1) is 0 Å². The minimum Gasteiger partial charge on any atom is -0.306 e. The largest absolute Gasteiger partial charge is 0.306 e. The Labute approximate surface area is 165 Å². The number of amides is 1. The van der Waals surface area contributed by atoms with Crippen LogP contribution >= 0.6 is 22.6 Å². The van der Waals surface area contributed by atoms with Crippen molar-refractivity contribution in [3.63, 3.8) is 0 Å². The molecule has 4 aromatic rings. The molecular weight excluding hydrogens is 437 g/mol. The van der Waals surface area contributed by atoms with Crippen LogP contribution in [0.1, 0.15) is 15.9 Å². The summed E-state index contributed by atoms with van der Waals surface area (Å²) in [6.07, 6.45) is 1.91. The first kappa shape index (κ1) is 16.8. The normalized spacial score (nSPS) is 10.8. The predicted molar refractivity (Wildman–Crippen MR) is 112 cm³/mol. The first-order valence-corrected chi connectivity index (χ1v) is 9.31. The smallest absolute Gasteiger partial charge is 0.257 e. The Hall–Kier alpha value is -2.67. The van der Waals surface area contributed by atoms with Gasteiger partial charge in [-0.05, 0) is 53.8 Å². The predicted octanol–water partition coefficient (Wildman–Crippen LogP) is 5.17. The number of halogens is 1. The molecule has 0 bridgehead atoms. The summed E-state index contributed by atoms with van der Waals surface area (Å²) in [5.41, 5.74) is 4.35. The molecule has 0 spiro atoms. The maximum absolute atomic E-state index is 12.9. The molecule has 0 aliphatic rings. The van der Waals surface area contributed by atoms with Crippen LogP contribution in [0.3, 0.4) is 0 Å². The molecule has 1 N–H and O–H groups in total. The lowest BCUT2D eigenvalue weighted by molar-refractivity contribution is 0.102. The highest BCUT2D eigenvalue weighted by molar-refractivity contribution is 14.1. The summed E-state index contributed by atoms with van der Waals surface area (Å²) in [6.45, 7) is 2.05. The van der Waals surface area contributed by atoms with E-state index in [0.29, 0.717) is 11.4 Å². The molecule has 0 aliphatic carbocycles. The molecule has 4 nitrogen and oxygen atoms in total. The molecule has 5 heteroatoms. The van der Waals surface area contributed by atoms with E-state index in [1.54, 1.807) is 0 Å². The van der Waals surface area contributed by atoms with Crippen molar-refractivity contribution >= 4 is 40.0 Å². The van der Waals surface area contributed by atoms with Crippen molar-refractivity contribution in [1.29, 1.82) is 0 Å². The SMILES string of the molecule is Cc1ccc(-c2nc3ccccn3c2NC(=O)c2ccccc2I)cc1. The third-order valence-electron chi connectivity index (χ3n) is 4.21. The monoisotopic (exact) mass is 453 g/mol. The Balaban J connectivity index is 1.83. The van der Waals surface area contributed by atoms with Crippen LogP contribution in [0.5, 0.6) is 0 Å². The number of anilines is 1. The molecule has 4 rings (SSSR count). The van der Waals surface area contributed by atoms with Gasteiger partial charge in [-0.2, -0.15) is 0 Å². The Kier molecular flexibility index (Phi) is 4.46. The van der Waals surface area contributed by atoms with E-state index in [1.807, 2.05) is 84.3 Å². The first-order valence-electron chi connectivity index (χ1n) is 8.23. The standard InChI is InChI=1S/C21H16IN3O/c1-14-9-11-15(12-10-14)19-20(25-13-5-4-8-18(25)23-19)24-21(26)16-6-2-3-7-17(16)22/h2-13H,1H3,(H,24,26). The fourth-order valence-electron chi connectivity index (χ4n) is 2.85. The van der Waals surface area contributed by atoms with Gasteiger partial charge in [0.25, 0.3) is 5.91 Å². The first-order chi connectivity index (χ1) is 12.6. The summed E-state index contributed by atoms with van der Waals surface area (Å²) in [7, 11) is 0. The third kappa shape index (κ3) is 3.10. The van der Waals surface area contributed by atoms with Crippen LogP contribution in [0.4, 0.5) is 5.82 Å². The highest BCUT2D eigenvalue weighted by atomic mass is 127. The highest BCUT2D eigenvalue weighted by Gasteiger charge is 2.18. The number of fused-ring (bicyclic) bond motifs is 1. The lowest BCUT2D eigenvalue weighted by atomic mass is 10.1. The van der Waals surface area contributed by atoms with E-state index in [4.69, 9.17) is 4.98 Å². The van der Waals surface area contributed by atoms with Crippen LogP contribution in [-0.2, 0) is 0 Å². The fraction of sp³-hybridized carbons (Fsp3) is 0.0476. The Bertz CT molecular complexity index is 1100. The van der Waals surface area contributed by atoms with Crippen molar-refractivity contribution in [3.05, 3.63) is 87.6 Å². The number of aromatic nitrogens is 2. The maximum Gasteiger partial charge on any atom is 0.257 e. The molecule has 0 atom stereocenters. The van der Waals surface area contributed by atoms with Gasteiger partial charge in [0, 0.05) is 15.3 Å². The lowest BCUT2D eigenvalue weighted by Crippen LogP contribution is -2.15. The Morgan fingerprint density at radius 1 is 1.00 bits per heavy atom. The van der Waals surface area contributed by atoms with Crippen LogP contribution in [0.15, 0.2) is 72.9 Å². The van der Waals surface area contributed by atoms with Crippen molar-refractivity contribution in [3.8, 4) is 11.3 Å². The van der Waals surface area contributed by atoms with Crippen molar-refractivity contribution < 1.29 is 4.79 Å². The molecule has 0 radical (unpaired) electrons. The zero-order chi connectivity index (χ0) is 18.1. The van der Waals surface area contributed by atoms with Crippen molar-refractivity contribution in [2.24, 2.45) is 0 Å². The highest BCUT2D eigenvalue weighted by Crippen LogP contribution is 2.29. The van der Waals surface area contributed by atoms with Crippen LogP contribution < -0.4 is 5.32 Å². The maximum atomic E-state index is 12.9. The van der Waals surface area contributed by atoms with Crippen LogP contribution in [0, 0.1) is 10.5 Å². The molecule has 0 saturated carbocycles. The quantitative estimate of drug-likeness (QED) is 0.436. The van der Waals surface area contributed by atoms with E-state index in [9.17, 15) is 4.79 Å². The number of nitrogens with zero attached hydrogens (tertiary/aromatic N) is 2. The summed E-state index contributed by atoms with van der Waals surface area (Å²) in [6, 6.07) is 21.5. The number of carbonyl (C=O) groups is 1. The Morgan fingerprint density at radius 3 is 2.50 bits per heavy atom. The van der Waals surface area contributed by atoms with E-state index in [0.717, 1.165) is 20.5 Å². The number of nitrogens with one attached hydrogen (secondary N) is 1. The Morgan fingerprint density at radius 2 is 1.73 bits per heavy atom. The minimum atomic E-state index is -0.144.